The Kier molecular flexibility index (Phi) is 7.31. The molecule has 0 spiro atoms. The Morgan fingerprint density at radius 1 is 1.14 bits per heavy atom. The van der Waals surface area contributed by atoms with Crippen LogP contribution in [0.3, 0.4) is 0 Å². The summed E-state index contributed by atoms with van der Waals surface area (Å²) in [6.45, 7) is 4.47. The van der Waals surface area contributed by atoms with E-state index in [1.54, 1.807) is 23.1 Å². The van der Waals surface area contributed by atoms with E-state index in [2.05, 4.69) is 9.97 Å². The molecule has 0 fully saturated rings. The monoisotopic (exact) mass is 400 g/mol. The van der Waals surface area contributed by atoms with Crippen molar-refractivity contribution in [1.82, 2.24) is 14.9 Å². The van der Waals surface area contributed by atoms with Crippen LogP contribution in [0.1, 0.15) is 31.3 Å². The van der Waals surface area contributed by atoms with Gasteiger partial charge in [0.1, 0.15) is 5.82 Å². The number of nitrogens with two attached hydrogens (primary N) is 1. The van der Waals surface area contributed by atoms with Crippen LogP contribution < -0.4 is 11.3 Å². The third kappa shape index (κ3) is 4.58. The van der Waals surface area contributed by atoms with Gasteiger partial charge in [-0.2, -0.15) is 0 Å². The maximum absolute atomic E-state index is 13.0. The van der Waals surface area contributed by atoms with Crippen LogP contribution in [0.2, 0.25) is 0 Å². The van der Waals surface area contributed by atoms with Crippen LogP contribution in [0.25, 0.3) is 10.9 Å². The molecule has 3 N–H and O–H groups in total. The summed E-state index contributed by atoms with van der Waals surface area (Å²) in [4.78, 5) is 34.1. The molecule has 0 aliphatic heterocycles. The number of rotatable bonds is 6. The fourth-order valence-electron chi connectivity index (χ4n) is 3.14. The molecule has 1 amide bonds. The number of aromatic amines is 1. The Hall–Kier alpha value is -2.70. The second-order valence-corrected chi connectivity index (χ2v) is 6.61. The number of carbonyl (C=O) groups excluding carboxylic acids is 1. The molecule has 7 heteroatoms. The van der Waals surface area contributed by atoms with Gasteiger partial charge in [-0.3, -0.25) is 9.59 Å². The molecule has 148 valence electrons. The molecule has 1 aromatic heterocycles. The zero-order chi connectivity index (χ0) is 19.4. The number of carbonyl (C=O) groups is 1. The summed E-state index contributed by atoms with van der Waals surface area (Å²) in [6, 6.07) is 16.4. The molecule has 3 aromatic rings. The molecule has 0 aliphatic carbocycles. The molecule has 2 atom stereocenters. The highest BCUT2D eigenvalue weighted by Gasteiger charge is 2.26. The molecule has 2 unspecified atom stereocenters. The summed E-state index contributed by atoms with van der Waals surface area (Å²) in [7, 11) is 0. The third-order valence-corrected chi connectivity index (χ3v) is 4.81. The number of hydrogen-bond donors (Lipinski definition) is 2. The van der Waals surface area contributed by atoms with E-state index >= 15 is 0 Å². The number of nitrogens with one attached hydrogen (secondary N) is 1. The van der Waals surface area contributed by atoms with Gasteiger partial charge >= 0.3 is 0 Å². The molecule has 0 saturated heterocycles. The van der Waals surface area contributed by atoms with Gasteiger partial charge in [-0.25, -0.2) is 4.98 Å². The van der Waals surface area contributed by atoms with Crippen LogP contribution in [0.5, 0.6) is 0 Å². The third-order valence-electron chi connectivity index (χ3n) is 4.81. The first-order valence-corrected chi connectivity index (χ1v) is 9.08. The van der Waals surface area contributed by atoms with Crippen molar-refractivity contribution < 1.29 is 4.79 Å². The molecule has 3 rings (SSSR count). The van der Waals surface area contributed by atoms with Crippen molar-refractivity contribution in [3.05, 3.63) is 76.3 Å². The summed E-state index contributed by atoms with van der Waals surface area (Å²) in [6.07, 6.45) is 0. The van der Waals surface area contributed by atoms with Crippen LogP contribution in [0.4, 0.5) is 0 Å². The van der Waals surface area contributed by atoms with Crippen LogP contribution in [-0.4, -0.2) is 27.3 Å². The molecule has 1 heterocycles. The second-order valence-electron chi connectivity index (χ2n) is 6.61. The standard InChI is InChI=1S/C21H24N4O2.ClH/c1-3-25(21(27)14(2)19(22)15-9-5-4-6-10-15)13-18-23-17-12-8-7-11-16(17)20(26)24-18;/h4-12,14,19H,3,13,22H2,1-2H3,(H,23,24,26);1H. The van der Waals surface area contributed by atoms with Gasteiger partial charge in [0.25, 0.3) is 5.56 Å². The highest BCUT2D eigenvalue weighted by atomic mass is 35.5. The Balaban J connectivity index is 0.00000280. The van der Waals surface area contributed by atoms with Crippen molar-refractivity contribution in [2.45, 2.75) is 26.4 Å². The van der Waals surface area contributed by atoms with Crippen molar-refractivity contribution in [2.24, 2.45) is 11.7 Å². The fourth-order valence-corrected chi connectivity index (χ4v) is 3.14. The molecule has 0 radical (unpaired) electrons. The largest absolute Gasteiger partial charge is 0.335 e. The van der Waals surface area contributed by atoms with Gasteiger partial charge in [0.2, 0.25) is 5.91 Å². The van der Waals surface area contributed by atoms with Crippen molar-refractivity contribution in [3.8, 4) is 0 Å². The predicted molar refractivity (Wildman–Crippen MR) is 113 cm³/mol. The van der Waals surface area contributed by atoms with Crippen LogP contribution in [-0.2, 0) is 11.3 Å². The smallest absolute Gasteiger partial charge is 0.258 e. The number of fused-ring (bicyclic) bond motifs is 1. The first kappa shape index (κ1) is 21.6. The lowest BCUT2D eigenvalue weighted by molar-refractivity contribution is -0.136. The topological polar surface area (TPSA) is 92.1 Å². The maximum Gasteiger partial charge on any atom is 0.258 e. The fraction of sp³-hybridized carbons (Fsp3) is 0.286. The summed E-state index contributed by atoms with van der Waals surface area (Å²) in [5.74, 6) is 0.0126. The molecule has 0 aliphatic rings. The molecule has 28 heavy (non-hydrogen) atoms. The predicted octanol–water partition coefficient (Wildman–Crippen LogP) is 3.03. The average Bonchev–Trinajstić information content (AvgIpc) is 2.71. The first-order chi connectivity index (χ1) is 13.0. The zero-order valence-electron chi connectivity index (χ0n) is 16.0. The lowest BCUT2D eigenvalue weighted by Crippen LogP contribution is -2.39. The molecule has 0 saturated carbocycles. The highest BCUT2D eigenvalue weighted by Crippen LogP contribution is 2.21. The van der Waals surface area contributed by atoms with E-state index in [0.717, 1.165) is 5.56 Å². The highest BCUT2D eigenvalue weighted by molar-refractivity contribution is 5.85. The number of hydrogen-bond acceptors (Lipinski definition) is 4. The van der Waals surface area contributed by atoms with Gasteiger partial charge in [-0.1, -0.05) is 49.4 Å². The van der Waals surface area contributed by atoms with Crippen LogP contribution in [0, 0.1) is 5.92 Å². The quantitative estimate of drug-likeness (QED) is 0.665. The minimum absolute atomic E-state index is 0. The molecular formula is C21H25ClN4O2. The van der Waals surface area contributed by atoms with Gasteiger partial charge in [0.15, 0.2) is 0 Å². The summed E-state index contributed by atoms with van der Waals surface area (Å²) >= 11 is 0. The Morgan fingerprint density at radius 3 is 2.46 bits per heavy atom. The average molecular weight is 401 g/mol. The molecular weight excluding hydrogens is 376 g/mol. The second kappa shape index (κ2) is 9.48. The number of H-pyrrole nitrogens is 1. The van der Waals surface area contributed by atoms with Crippen molar-refractivity contribution in [1.29, 1.82) is 0 Å². The SMILES string of the molecule is CCN(Cc1nc2ccccc2c(=O)[nH]1)C(=O)C(C)C(N)c1ccccc1.Cl. The van der Waals surface area contributed by atoms with E-state index in [4.69, 9.17) is 5.73 Å². The number of para-hydroxylation sites is 1. The maximum atomic E-state index is 13.0. The van der Waals surface area contributed by atoms with E-state index in [0.29, 0.717) is 23.3 Å². The normalized spacial score (nSPS) is 12.8. The summed E-state index contributed by atoms with van der Waals surface area (Å²) < 4.78 is 0. The van der Waals surface area contributed by atoms with Gasteiger partial charge in [-0.15, -0.1) is 12.4 Å². The molecule has 6 nitrogen and oxygen atoms in total. The molecule has 0 bridgehead atoms. The lowest BCUT2D eigenvalue weighted by atomic mass is 9.94. The minimum Gasteiger partial charge on any atom is -0.335 e. The van der Waals surface area contributed by atoms with E-state index in [9.17, 15) is 9.59 Å². The van der Waals surface area contributed by atoms with Gasteiger partial charge < -0.3 is 15.6 Å². The lowest BCUT2D eigenvalue weighted by Gasteiger charge is -2.27. The van der Waals surface area contributed by atoms with Crippen LogP contribution in [0.15, 0.2) is 59.4 Å². The van der Waals surface area contributed by atoms with Gasteiger partial charge in [0, 0.05) is 12.6 Å². The zero-order valence-corrected chi connectivity index (χ0v) is 16.8. The van der Waals surface area contributed by atoms with E-state index in [1.165, 1.54) is 0 Å². The van der Waals surface area contributed by atoms with Crippen molar-refractivity contribution in [2.75, 3.05) is 6.54 Å². The van der Waals surface area contributed by atoms with E-state index in [1.807, 2.05) is 50.2 Å². The van der Waals surface area contributed by atoms with Crippen molar-refractivity contribution >= 4 is 29.2 Å². The summed E-state index contributed by atoms with van der Waals surface area (Å²) in [5.41, 5.74) is 7.64. The summed E-state index contributed by atoms with van der Waals surface area (Å²) in [5, 5.41) is 0.537. The Morgan fingerprint density at radius 2 is 1.79 bits per heavy atom. The number of benzene rings is 2. The Bertz CT molecular complexity index is 990. The van der Waals surface area contributed by atoms with E-state index in [-0.39, 0.29) is 36.3 Å². The number of amides is 1. The van der Waals surface area contributed by atoms with Gasteiger partial charge in [0.05, 0.1) is 23.4 Å². The van der Waals surface area contributed by atoms with E-state index < -0.39 is 6.04 Å². The van der Waals surface area contributed by atoms with Gasteiger partial charge in [-0.05, 0) is 24.6 Å². The van der Waals surface area contributed by atoms with Crippen molar-refractivity contribution in [3.63, 3.8) is 0 Å². The number of aromatic nitrogens is 2. The first-order valence-electron chi connectivity index (χ1n) is 9.08. The van der Waals surface area contributed by atoms with Crippen LogP contribution >= 0.6 is 12.4 Å². The number of halogens is 1. The molecule has 2 aromatic carbocycles. The minimum atomic E-state index is -0.392. The number of nitrogens with zero attached hydrogens (tertiary/aromatic N) is 2. The Labute approximate surface area is 170 Å².